The van der Waals surface area contributed by atoms with Gasteiger partial charge in [-0.05, 0) is 72.7 Å². The number of hydrogen-bond acceptors (Lipinski definition) is 3. The molecule has 0 amide bonds. The van der Waals surface area contributed by atoms with Crippen LogP contribution in [0.4, 0.5) is 0 Å². The second kappa shape index (κ2) is 5.62. The van der Waals surface area contributed by atoms with Crippen molar-refractivity contribution in [2.24, 2.45) is 40.4 Å². The Bertz CT molecular complexity index is 662. The summed E-state index contributed by atoms with van der Waals surface area (Å²) in [7, 11) is 0. The Morgan fingerprint density at radius 1 is 1.12 bits per heavy atom. The lowest BCUT2D eigenvalue weighted by molar-refractivity contribution is -0.132. The van der Waals surface area contributed by atoms with E-state index in [-0.39, 0.29) is 28.3 Å². The van der Waals surface area contributed by atoms with Crippen LogP contribution in [0.25, 0.3) is 0 Å². The molecule has 136 valence electrons. The molecule has 0 spiro atoms. The number of allylic oxidation sites excluding steroid dienone is 1. The molecule has 0 N–H and O–H groups in total. The van der Waals surface area contributed by atoms with Crippen molar-refractivity contribution >= 4 is 17.9 Å². The fourth-order valence-electron chi connectivity index (χ4n) is 7.39. The van der Waals surface area contributed by atoms with E-state index in [1.807, 2.05) is 0 Å². The Morgan fingerprint density at radius 2 is 1.88 bits per heavy atom. The second-order valence-corrected chi connectivity index (χ2v) is 9.67. The van der Waals surface area contributed by atoms with E-state index < -0.39 is 0 Å². The zero-order valence-corrected chi connectivity index (χ0v) is 15.7. The predicted molar refractivity (Wildman–Crippen MR) is 95.8 cm³/mol. The number of hydrogen-bond donors (Lipinski definition) is 0. The molecule has 4 aliphatic carbocycles. The Kier molecular flexibility index (Phi) is 3.86. The molecule has 3 heteroatoms. The molecule has 0 aliphatic heterocycles. The van der Waals surface area contributed by atoms with E-state index in [4.69, 9.17) is 0 Å². The van der Waals surface area contributed by atoms with Gasteiger partial charge in [0.2, 0.25) is 0 Å². The fourth-order valence-corrected chi connectivity index (χ4v) is 7.39. The van der Waals surface area contributed by atoms with Gasteiger partial charge in [0.15, 0.2) is 11.6 Å². The van der Waals surface area contributed by atoms with Crippen molar-refractivity contribution in [2.75, 3.05) is 0 Å². The normalized spacial score (nSPS) is 47.4. The van der Waals surface area contributed by atoms with Gasteiger partial charge in [0.1, 0.15) is 6.29 Å². The van der Waals surface area contributed by atoms with Gasteiger partial charge < -0.3 is 4.79 Å². The lowest BCUT2D eigenvalue weighted by Crippen LogP contribution is -2.53. The maximum absolute atomic E-state index is 12.9. The molecule has 0 aromatic rings. The first-order valence-electron chi connectivity index (χ1n) is 10.0. The highest BCUT2D eigenvalue weighted by molar-refractivity contribution is 6.05. The molecule has 4 rings (SSSR count). The van der Waals surface area contributed by atoms with Gasteiger partial charge in [0.05, 0.1) is 0 Å². The van der Waals surface area contributed by atoms with Crippen molar-refractivity contribution in [2.45, 2.75) is 65.7 Å². The minimum atomic E-state index is -0.108. The summed E-state index contributed by atoms with van der Waals surface area (Å²) in [5, 5.41) is 0. The minimum absolute atomic E-state index is 0.108. The van der Waals surface area contributed by atoms with Gasteiger partial charge in [-0.15, -0.1) is 0 Å². The van der Waals surface area contributed by atoms with E-state index in [1.165, 1.54) is 0 Å². The highest BCUT2D eigenvalue weighted by atomic mass is 16.1. The summed E-state index contributed by atoms with van der Waals surface area (Å²) in [4.78, 5) is 36.2. The van der Waals surface area contributed by atoms with Crippen LogP contribution in [-0.4, -0.2) is 17.9 Å². The van der Waals surface area contributed by atoms with Crippen molar-refractivity contribution in [3.63, 3.8) is 0 Å². The number of carbonyl (C=O) groups is 3. The summed E-state index contributed by atoms with van der Waals surface area (Å²) >= 11 is 0. The Hall–Kier alpha value is -1.25. The van der Waals surface area contributed by atoms with Gasteiger partial charge in [-0.3, -0.25) is 9.59 Å². The van der Waals surface area contributed by atoms with Crippen molar-refractivity contribution in [1.29, 1.82) is 0 Å². The molecule has 0 aromatic carbocycles. The summed E-state index contributed by atoms with van der Waals surface area (Å²) in [6, 6.07) is 0. The topological polar surface area (TPSA) is 51.2 Å². The number of ketones is 2. The molecular formula is C22H30O3. The summed E-state index contributed by atoms with van der Waals surface area (Å²) in [5.41, 5.74) is 0.914. The molecule has 4 aliphatic rings. The van der Waals surface area contributed by atoms with Crippen LogP contribution >= 0.6 is 0 Å². The molecule has 0 bridgehead atoms. The zero-order valence-electron chi connectivity index (χ0n) is 15.7. The minimum Gasteiger partial charge on any atom is -0.303 e. The van der Waals surface area contributed by atoms with Crippen molar-refractivity contribution in [3.05, 3.63) is 11.6 Å². The number of fused-ring (bicyclic) bond motifs is 5. The van der Waals surface area contributed by atoms with Gasteiger partial charge in [0.25, 0.3) is 0 Å². The van der Waals surface area contributed by atoms with Gasteiger partial charge in [0, 0.05) is 24.3 Å². The van der Waals surface area contributed by atoms with Crippen LogP contribution in [0.1, 0.15) is 65.7 Å². The molecule has 7 atom stereocenters. The van der Waals surface area contributed by atoms with E-state index >= 15 is 0 Å². The highest BCUT2D eigenvalue weighted by Gasteiger charge is 2.61. The van der Waals surface area contributed by atoms with Crippen molar-refractivity contribution < 1.29 is 14.4 Å². The van der Waals surface area contributed by atoms with Crippen LogP contribution in [0.5, 0.6) is 0 Å². The zero-order chi connectivity index (χ0) is 18.0. The molecule has 0 unspecified atom stereocenters. The summed E-state index contributed by atoms with van der Waals surface area (Å²) in [6.07, 6.45) is 9.40. The largest absolute Gasteiger partial charge is 0.303 e. The summed E-state index contributed by atoms with van der Waals surface area (Å²) in [6.45, 7) is 6.69. The lowest BCUT2D eigenvalue weighted by Gasteiger charge is -2.57. The number of rotatable bonds is 2. The third kappa shape index (κ3) is 2.27. The predicted octanol–water partition coefficient (Wildman–Crippen LogP) is 4.15. The van der Waals surface area contributed by atoms with Crippen LogP contribution in [0.15, 0.2) is 11.6 Å². The molecule has 3 nitrogen and oxygen atoms in total. The smallest absolute Gasteiger partial charge is 0.159 e. The molecule has 0 saturated heterocycles. The first kappa shape index (κ1) is 17.2. The van der Waals surface area contributed by atoms with Crippen molar-refractivity contribution in [1.82, 2.24) is 0 Å². The first-order chi connectivity index (χ1) is 11.8. The average molecular weight is 342 g/mol. The molecule has 0 aromatic heterocycles. The number of Topliss-reactive ketones (excluding diaryl/α,β-unsaturated/α-hetero) is 1. The van der Waals surface area contributed by atoms with Crippen molar-refractivity contribution in [3.8, 4) is 0 Å². The van der Waals surface area contributed by atoms with E-state index in [2.05, 4.69) is 20.8 Å². The highest BCUT2D eigenvalue weighted by Crippen LogP contribution is 2.66. The Labute approximate surface area is 150 Å². The number of aldehydes is 1. The molecule has 3 fully saturated rings. The summed E-state index contributed by atoms with van der Waals surface area (Å²) < 4.78 is 0. The summed E-state index contributed by atoms with van der Waals surface area (Å²) in [5.74, 6) is 2.43. The third-order valence-corrected chi connectivity index (χ3v) is 8.71. The van der Waals surface area contributed by atoms with Gasteiger partial charge in [-0.1, -0.05) is 20.8 Å². The van der Waals surface area contributed by atoms with Gasteiger partial charge >= 0.3 is 0 Å². The van der Waals surface area contributed by atoms with E-state index in [0.29, 0.717) is 36.5 Å². The number of carbonyl (C=O) groups excluding carboxylic acids is 3. The molecule has 3 saturated carbocycles. The lowest BCUT2D eigenvalue weighted by atomic mass is 9.46. The quantitative estimate of drug-likeness (QED) is 0.708. The molecule has 25 heavy (non-hydrogen) atoms. The monoisotopic (exact) mass is 342 g/mol. The average Bonchev–Trinajstić information content (AvgIpc) is 2.93. The van der Waals surface area contributed by atoms with Gasteiger partial charge in [-0.25, -0.2) is 0 Å². The van der Waals surface area contributed by atoms with E-state index in [0.717, 1.165) is 44.0 Å². The fraction of sp³-hybridized carbons (Fsp3) is 0.773. The Balaban J connectivity index is 1.70. The van der Waals surface area contributed by atoms with Gasteiger partial charge in [-0.2, -0.15) is 0 Å². The van der Waals surface area contributed by atoms with Crippen LogP contribution in [-0.2, 0) is 14.4 Å². The van der Waals surface area contributed by atoms with Crippen LogP contribution in [0, 0.1) is 40.4 Å². The standard InChI is InChI=1S/C22H30O3/c1-13(12-23)16-4-5-17-15-11-20(25)19-10-14(24)6-8-22(19,3)18(15)7-9-21(16,17)2/h10,12-13,15-18H,4-9,11H2,1-3H3/t13-,15-,16+,17-,18-,21+,22+/m0/s1. The maximum atomic E-state index is 12.9. The van der Waals surface area contributed by atoms with E-state index in [1.54, 1.807) is 6.08 Å². The third-order valence-electron chi connectivity index (χ3n) is 8.71. The first-order valence-corrected chi connectivity index (χ1v) is 10.0. The van der Waals surface area contributed by atoms with E-state index in [9.17, 15) is 14.4 Å². The molecule has 0 heterocycles. The second-order valence-electron chi connectivity index (χ2n) is 9.67. The SMILES string of the molecule is C[C@@H](C=O)[C@H]1CC[C@H]2[C@@H]3CC(=O)C4=CC(=O)CC[C@]4(C)[C@H]3CC[C@]12C. The van der Waals surface area contributed by atoms with Crippen LogP contribution < -0.4 is 0 Å². The molecule has 0 radical (unpaired) electrons. The molecular weight excluding hydrogens is 312 g/mol. The van der Waals surface area contributed by atoms with Crippen LogP contribution in [0.2, 0.25) is 0 Å². The Morgan fingerprint density at radius 3 is 2.60 bits per heavy atom. The maximum Gasteiger partial charge on any atom is 0.159 e. The van der Waals surface area contributed by atoms with Crippen LogP contribution in [0.3, 0.4) is 0 Å².